The molecule has 0 saturated heterocycles. The van der Waals surface area contributed by atoms with E-state index < -0.39 is 18.0 Å². The Morgan fingerprint density at radius 3 is 2.46 bits per heavy atom. The molecule has 1 heterocycles. The van der Waals surface area contributed by atoms with Crippen molar-refractivity contribution in [2.24, 2.45) is 0 Å². The molecule has 0 radical (unpaired) electrons. The Balaban J connectivity index is 0.00000241. The maximum absolute atomic E-state index is 14.5. The van der Waals surface area contributed by atoms with E-state index in [0.717, 1.165) is 10.4 Å². The number of nitrogens with zero attached hydrogens (tertiary/aromatic N) is 1. The van der Waals surface area contributed by atoms with Gasteiger partial charge in [0.1, 0.15) is 11.9 Å². The molecule has 1 atom stereocenters. The molecule has 186 valence electrons. The summed E-state index contributed by atoms with van der Waals surface area (Å²) in [5, 5.41) is 3.33. The maximum atomic E-state index is 14.5. The van der Waals surface area contributed by atoms with Gasteiger partial charge in [-0.25, -0.2) is 9.18 Å². The van der Waals surface area contributed by atoms with Crippen LogP contribution in [0.1, 0.15) is 29.8 Å². The van der Waals surface area contributed by atoms with Crippen LogP contribution in [0.15, 0.2) is 66.7 Å². The Hall–Kier alpha value is -2.59. The van der Waals surface area contributed by atoms with E-state index in [1.165, 1.54) is 17.6 Å². The zero-order chi connectivity index (χ0) is 24.9. The van der Waals surface area contributed by atoms with Crippen molar-refractivity contribution in [1.82, 2.24) is 4.37 Å². The first-order valence-corrected chi connectivity index (χ1v) is 11.9. The first kappa shape index (κ1) is 30.6. The van der Waals surface area contributed by atoms with Gasteiger partial charge in [-0.15, -0.1) is 6.42 Å². The van der Waals surface area contributed by atoms with Gasteiger partial charge in [0.05, 0.1) is 16.3 Å². The Bertz CT molecular complexity index is 1380. The molecule has 0 spiro atoms. The van der Waals surface area contributed by atoms with Crippen LogP contribution in [0.5, 0.6) is 0 Å². The molecule has 1 aromatic heterocycles. The van der Waals surface area contributed by atoms with E-state index >= 15 is 0 Å². The average Bonchev–Trinajstić information content (AvgIpc) is 3.19. The van der Waals surface area contributed by atoms with Crippen LogP contribution < -0.4 is 34.9 Å². The molecule has 0 unspecified atom stereocenters. The van der Waals surface area contributed by atoms with E-state index in [-0.39, 0.29) is 41.5 Å². The fourth-order valence-electron chi connectivity index (χ4n) is 3.66. The number of aryl methyl sites for hydroxylation is 1. The molecule has 0 aliphatic heterocycles. The minimum atomic E-state index is -0.617. The quantitative estimate of drug-likeness (QED) is 0.274. The molecule has 6 nitrogen and oxygen atoms in total. The van der Waals surface area contributed by atoms with Crippen LogP contribution in [-0.2, 0) is 16.0 Å². The zero-order valence-electron chi connectivity index (χ0n) is 20.4. The third kappa shape index (κ3) is 7.25. The van der Waals surface area contributed by atoms with Gasteiger partial charge in [0.15, 0.2) is 0 Å². The molecule has 2 N–H and O–H groups in total. The van der Waals surface area contributed by atoms with E-state index in [1.54, 1.807) is 50.5 Å². The normalized spacial score (nSPS) is 11.0. The van der Waals surface area contributed by atoms with Crippen molar-refractivity contribution >= 4 is 41.2 Å². The molecule has 0 aliphatic carbocycles. The number of rotatable bonds is 7. The first-order chi connectivity index (χ1) is 16.9. The number of nitrogens with one attached hydrogen (secondary N) is 1. The first-order valence-electron chi connectivity index (χ1n) is 10.8. The number of hydrogen-bond acceptors (Lipinski definition) is 6. The van der Waals surface area contributed by atoms with Gasteiger partial charge in [0.2, 0.25) is 0 Å². The molecule has 4 rings (SSSR count). The van der Waals surface area contributed by atoms with Gasteiger partial charge >= 0.3 is 35.7 Å². The standard InChI is InChI=1S/C27H21ClFN2O3S.Na.H2O/c1-16-25(30-27(33)34-17(2)21-5-3-4-6-23(21)28)26(35-31-16)20-10-8-19(9-11-20)22-12-7-18(13-14-32)15-24(22)29;;/h3-12,15,17H,13H2,1-2H3,(H,30,33);;1H2/q-1;+1;/p-1/t17-;;/m1../s1. The molecular formula is C27H22ClFN2NaO4S-. The molecule has 4 aromatic rings. The minimum absolute atomic E-state index is 0. The van der Waals surface area contributed by atoms with Gasteiger partial charge in [-0.05, 0) is 48.6 Å². The molecule has 0 fully saturated rings. The van der Waals surface area contributed by atoms with Gasteiger partial charge in [0, 0.05) is 16.1 Å². The molecule has 0 bridgehead atoms. The van der Waals surface area contributed by atoms with Crippen molar-refractivity contribution in [2.75, 3.05) is 5.32 Å². The van der Waals surface area contributed by atoms with Crippen molar-refractivity contribution in [3.8, 4) is 21.6 Å². The summed E-state index contributed by atoms with van der Waals surface area (Å²) in [4.78, 5) is 23.9. The van der Waals surface area contributed by atoms with Gasteiger partial charge in [0.25, 0.3) is 0 Å². The van der Waals surface area contributed by atoms with Crippen LogP contribution in [0.4, 0.5) is 14.9 Å². The number of benzene rings is 3. The third-order valence-electron chi connectivity index (χ3n) is 5.48. The van der Waals surface area contributed by atoms with Crippen molar-refractivity contribution in [3.05, 3.63) is 94.4 Å². The maximum Gasteiger partial charge on any atom is 1.00 e. The van der Waals surface area contributed by atoms with Crippen LogP contribution in [0.3, 0.4) is 0 Å². The molecule has 37 heavy (non-hydrogen) atoms. The molecule has 10 heteroatoms. The molecule has 0 saturated carbocycles. The Morgan fingerprint density at radius 2 is 1.81 bits per heavy atom. The van der Waals surface area contributed by atoms with E-state index in [4.69, 9.17) is 16.3 Å². The van der Waals surface area contributed by atoms with Crippen LogP contribution in [0.2, 0.25) is 5.02 Å². The zero-order valence-corrected chi connectivity index (χ0v) is 24.0. The van der Waals surface area contributed by atoms with E-state index in [9.17, 15) is 14.0 Å². The van der Waals surface area contributed by atoms with Crippen LogP contribution in [0.25, 0.3) is 21.6 Å². The SMILES string of the molecule is Cc1nsc(-c2ccc(-c3ccc(C[C-]=O)cc3F)cc2)c1NC(=O)O[C@H](C)c1ccccc1Cl.[Na+].[OH-]. The van der Waals surface area contributed by atoms with Crippen LogP contribution in [-0.4, -0.2) is 22.2 Å². The third-order valence-corrected chi connectivity index (χ3v) is 6.82. The summed E-state index contributed by atoms with van der Waals surface area (Å²) in [5.41, 5.74) is 4.44. The topological polar surface area (TPSA) is 98.3 Å². The van der Waals surface area contributed by atoms with Gasteiger partial charge in [-0.3, -0.25) is 11.6 Å². The molecule has 3 aromatic carbocycles. The van der Waals surface area contributed by atoms with E-state index in [0.29, 0.717) is 38.7 Å². The Labute approximate surface area is 245 Å². The molecular weight excluding hydrogens is 526 g/mol. The fraction of sp³-hybridized carbons (Fsp3) is 0.148. The number of carbonyl (C=O) groups is 1. The van der Waals surface area contributed by atoms with Crippen molar-refractivity contribution in [1.29, 1.82) is 0 Å². The monoisotopic (exact) mass is 547 g/mol. The van der Waals surface area contributed by atoms with Crippen molar-refractivity contribution < 1.29 is 53.7 Å². The molecule has 0 aliphatic rings. The van der Waals surface area contributed by atoms with Gasteiger partial charge < -0.3 is 15.0 Å². The summed E-state index contributed by atoms with van der Waals surface area (Å²) in [6, 6.07) is 19.2. The minimum Gasteiger partial charge on any atom is -0.870 e. The predicted molar refractivity (Wildman–Crippen MR) is 139 cm³/mol. The van der Waals surface area contributed by atoms with Crippen molar-refractivity contribution in [2.45, 2.75) is 26.4 Å². The summed E-state index contributed by atoms with van der Waals surface area (Å²) < 4.78 is 24.4. The second-order valence-electron chi connectivity index (χ2n) is 7.88. The van der Waals surface area contributed by atoms with Crippen molar-refractivity contribution in [3.63, 3.8) is 0 Å². The second-order valence-corrected chi connectivity index (χ2v) is 9.06. The number of aromatic nitrogens is 1. The summed E-state index contributed by atoms with van der Waals surface area (Å²) in [6.45, 7) is 3.55. The predicted octanol–water partition coefficient (Wildman–Crippen LogP) is 4.37. The fourth-order valence-corrected chi connectivity index (χ4v) is 4.80. The number of amides is 1. The average molecular weight is 548 g/mol. The number of carbonyl (C=O) groups excluding carboxylic acids is 2. The second kappa shape index (κ2) is 13.8. The number of ether oxygens (including phenoxy) is 1. The number of hydrogen-bond donors (Lipinski definition) is 1. The Kier molecular flexibility index (Phi) is 11.4. The smallest absolute Gasteiger partial charge is 0.870 e. The largest absolute Gasteiger partial charge is 1.00 e. The van der Waals surface area contributed by atoms with Gasteiger partial charge in [-0.1, -0.05) is 71.8 Å². The number of anilines is 1. The summed E-state index contributed by atoms with van der Waals surface area (Å²) in [7, 11) is 0. The summed E-state index contributed by atoms with van der Waals surface area (Å²) in [6.07, 6.45) is 0.668. The van der Waals surface area contributed by atoms with Crippen LogP contribution >= 0.6 is 23.1 Å². The summed E-state index contributed by atoms with van der Waals surface area (Å²) in [5.74, 6) is -0.406. The summed E-state index contributed by atoms with van der Waals surface area (Å²) >= 11 is 7.45. The Morgan fingerprint density at radius 1 is 1.14 bits per heavy atom. The van der Waals surface area contributed by atoms with Gasteiger partial charge in [-0.2, -0.15) is 4.37 Å². The number of halogens is 2. The van der Waals surface area contributed by atoms with Crippen LogP contribution in [0, 0.1) is 12.7 Å². The van der Waals surface area contributed by atoms with E-state index in [2.05, 4.69) is 9.69 Å². The van der Waals surface area contributed by atoms with E-state index in [1.807, 2.05) is 30.3 Å². The molecule has 1 amide bonds.